The van der Waals surface area contributed by atoms with Crippen LogP contribution in [0.4, 0.5) is 11.5 Å². The Labute approximate surface area is 174 Å². The first-order valence-electron chi connectivity index (χ1n) is 9.06. The van der Waals surface area contributed by atoms with Crippen molar-refractivity contribution < 1.29 is 23.1 Å². The summed E-state index contributed by atoms with van der Waals surface area (Å²) in [7, 11) is -2.56. The number of benzene rings is 1. The maximum Gasteiger partial charge on any atom is 0.339 e. The first-order valence-corrected chi connectivity index (χ1v) is 10.9. The van der Waals surface area contributed by atoms with Crippen LogP contribution in [0.2, 0.25) is 5.02 Å². The number of piperidine rings is 1. The molecule has 0 bridgehead atoms. The van der Waals surface area contributed by atoms with Crippen molar-refractivity contribution in [2.24, 2.45) is 5.92 Å². The van der Waals surface area contributed by atoms with Crippen LogP contribution in [-0.2, 0) is 10.0 Å². The van der Waals surface area contributed by atoms with Crippen molar-refractivity contribution in [1.29, 1.82) is 0 Å². The van der Waals surface area contributed by atoms with Gasteiger partial charge in [0.1, 0.15) is 17.1 Å². The third-order valence-corrected chi connectivity index (χ3v) is 6.54. The Morgan fingerprint density at radius 1 is 1.31 bits per heavy atom. The van der Waals surface area contributed by atoms with Crippen LogP contribution in [-0.4, -0.2) is 44.7 Å². The quantitative estimate of drug-likeness (QED) is 0.709. The molecule has 10 heteroatoms. The van der Waals surface area contributed by atoms with Gasteiger partial charge >= 0.3 is 5.97 Å². The van der Waals surface area contributed by atoms with Gasteiger partial charge in [0, 0.05) is 13.1 Å². The van der Waals surface area contributed by atoms with Crippen molar-refractivity contribution in [2.45, 2.75) is 24.7 Å². The summed E-state index contributed by atoms with van der Waals surface area (Å²) in [5.41, 5.74) is 0.0102. The standard InChI is InChI=1S/C19H22ClN3O5S/c1-12-5-7-23(8-6-12)18-15(19(24)25)9-13(11-21-18)22-29(26,27)14-3-4-17(28-2)16(20)10-14/h3-4,9-12,22H,5-8H2,1-2H3,(H,24,25). The molecule has 8 nitrogen and oxygen atoms in total. The summed E-state index contributed by atoms with van der Waals surface area (Å²) >= 11 is 6.01. The zero-order valence-electron chi connectivity index (χ0n) is 16.1. The molecule has 3 rings (SSSR count). The Morgan fingerprint density at radius 3 is 2.59 bits per heavy atom. The van der Waals surface area contributed by atoms with E-state index in [1.165, 1.54) is 37.6 Å². The van der Waals surface area contributed by atoms with E-state index >= 15 is 0 Å². The number of nitrogens with zero attached hydrogens (tertiary/aromatic N) is 2. The second-order valence-electron chi connectivity index (χ2n) is 6.97. The molecule has 2 aromatic rings. The number of hydrogen-bond donors (Lipinski definition) is 2. The summed E-state index contributed by atoms with van der Waals surface area (Å²) in [5, 5.41) is 9.75. The fraction of sp³-hybridized carbons (Fsp3) is 0.368. The molecule has 0 atom stereocenters. The number of ether oxygens (including phenoxy) is 1. The van der Waals surface area contributed by atoms with E-state index in [0.717, 1.165) is 12.8 Å². The van der Waals surface area contributed by atoms with Crippen molar-refractivity contribution in [1.82, 2.24) is 4.98 Å². The van der Waals surface area contributed by atoms with Crippen LogP contribution in [0.15, 0.2) is 35.4 Å². The predicted molar refractivity (Wildman–Crippen MR) is 111 cm³/mol. The number of carboxylic acid groups (broad SMARTS) is 1. The van der Waals surface area contributed by atoms with Crippen molar-refractivity contribution in [3.05, 3.63) is 41.0 Å². The number of hydrogen-bond acceptors (Lipinski definition) is 6. The van der Waals surface area contributed by atoms with Crippen molar-refractivity contribution in [2.75, 3.05) is 29.8 Å². The molecule has 156 valence electrons. The minimum Gasteiger partial charge on any atom is -0.495 e. The summed E-state index contributed by atoms with van der Waals surface area (Å²) in [5.74, 6) is 0.113. The highest BCUT2D eigenvalue weighted by molar-refractivity contribution is 7.92. The molecule has 1 aromatic carbocycles. The molecule has 0 saturated carbocycles. The highest BCUT2D eigenvalue weighted by atomic mass is 35.5. The molecular formula is C19H22ClN3O5S. The number of carbonyl (C=O) groups is 1. The molecule has 1 aliphatic heterocycles. The van der Waals surface area contributed by atoms with Crippen LogP contribution >= 0.6 is 11.6 Å². The summed E-state index contributed by atoms with van der Waals surface area (Å²) in [6.07, 6.45) is 3.23. The number of aromatic nitrogens is 1. The lowest BCUT2D eigenvalue weighted by Gasteiger charge is -2.32. The van der Waals surface area contributed by atoms with Gasteiger partial charge in [-0.3, -0.25) is 4.72 Å². The van der Waals surface area contributed by atoms with Crippen LogP contribution in [0.5, 0.6) is 5.75 Å². The number of nitrogens with one attached hydrogen (secondary N) is 1. The third-order valence-electron chi connectivity index (χ3n) is 4.87. The Hall–Kier alpha value is -2.52. The molecule has 2 heterocycles. The molecule has 1 aliphatic rings. The number of pyridine rings is 1. The SMILES string of the molecule is COc1ccc(S(=O)(=O)Nc2cnc(N3CCC(C)CC3)c(C(=O)O)c2)cc1Cl. The van der Waals surface area contributed by atoms with Gasteiger partial charge in [-0.05, 0) is 43.0 Å². The average molecular weight is 440 g/mol. The van der Waals surface area contributed by atoms with Crippen LogP contribution < -0.4 is 14.4 Å². The Balaban J connectivity index is 1.88. The Bertz CT molecular complexity index is 1020. The zero-order chi connectivity index (χ0) is 21.2. The minimum atomic E-state index is -3.98. The lowest BCUT2D eigenvalue weighted by atomic mass is 9.99. The third kappa shape index (κ3) is 4.73. The van der Waals surface area contributed by atoms with E-state index < -0.39 is 16.0 Å². The fourth-order valence-electron chi connectivity index (χ4n) is 3.17. The predicted octanol–water partition coefficient (Wildman–Crippen LogP) is 3.48. The van der Waals surface area contributed by atoms with Crippen LogP contribution in [0.3, 0.4) is 0 Å². The van der Waals surface area contributed by atoms with Crippen LogP contribution in [0.1, 0.15) is 30.1 Å². The molecule has 0 spiro atoms. The van der Waals surface area contributed by atoms with E-state index in [2.05, 4.69) is 16.6 Å². The Kier molecular flexibility index (Phi) is 6.18. The first kappa shape index (κ1) is 21.2. The number of methoxy groups -OCH3 is 1. The largest absolute Gasteiger partial charge is 0.495 e. The number of rotatable bonds is 6. The van der Waals surface area contributed by atoms with Crippen molar-refractivity contribution >= 4 is 39.1 Å². The van der Waals surface area contributed by atoms with Gasteiger partial charge in [0.05, 0.1) is 28.9 Å². The molecule has 0 aliphatic carbocycles. The normalized spacial score (nSPS) is 15.2. The molecule has 1 saturated heterocycles. The van der Waals surface area contributed by atoms with Crippen molar-refractivity contribution in [3.8, 4) is 5.75 Å². The van der Waals surface area contributed by atoms with E-state index in [9.17, 15) is 18.3 Å². The van der Waals surface area contributed by atoms with Gasteiger partial charge in [0.2, 0.25) is 0 Å². The molecule has 29 heavy (non-hydrogen) atoms. The van der Waals surface area contributed by atoms with E-state index in [4.69, 9.17) is 16.3 Å². The second-order valence-corrected chi connectivity index (χ2v) is 9.06. The summed E-state index contributed by atoms with van der Waals surface area (Å²) < 4.78 is 32.7. The summed E-state index contributed by atoms with van der Waals surface area (Å²) in [4.78, 5) is 17.8. The number of halogens is 1. The monoisotopic (exact) mass is 439 g/mol. The van der Waals surface area contributed by atoms with Gasteiger partial charge in [-0.1, -0.05) is 18.5 Å². The molecule has 1 fully saturated rings. The van der Waals surface area contributed by atoms with Gasteiger partial charge in [-0.2, -0.15) is 0 Å². The first-order chi connectivity index (χ1) is 13.7. The second kappa shape index (κ2) is 8.46. The average Bonchev–Trinajstić information content (AvgIpc) is 2.68. The topological polar surface area (TPSA) is 109 Å². The number of sulfonamides is 1. The molecular weight excluding hydrogens is 418 g/mol. The number of carboxylic acids is 1. The molecule has 0 amide bonds. The molecule has 0 unspecified atom stereocenters. The van der Waals surface area contributed by atoms with Crippen LogP contribution in [0, 0.1) is 5.92 Å². The van der Waals surface area contributed by atoms with Gasteiger partial charge < -0.3 is 14.7 Å². The zero-order valence-corrected chi connectivity index (χ0v) is 17.6. The molecule has 0 radical (unpaired) electrons. The summed E-state index contributed by atoms with van der Waals surface area (Å²) in [6, 6.07) is 5.34. The number of anilines is 2. The van der Waals surface area contributed by atoms with Crippen molar-refractivity contribution in [3.63, 3.8) is 0 Å². The van der Waals surface area contributed by atoms with Gasteiger partial charge in [-0.15, -0.1) is 0 Å². The maximum absolute atomic E-state index is 12.7. The van der Waals surface area contributed by atoms with E-state index in [0.29, 0.717) is 30.6 Å². The minimum absolute atomic E-state index is 0.0486. The highest BCUT2D eigenvalue weighted by Crippen LogP contribution is 2.29. The Morgan fingerprint density at radius 2 is 2.00 bits per heavy atom. The maximum atomic E-state index is 12.7. The smallest absolute Gasteiger partial charge is 0.339 e. The van der Waals surface area contributed by atoms with E-state index in [1.54, 1.807) is 0 Å². The molecule has 1 aromatic heterocycles. The van der Waals surface area contributed by atoms with Gasteiger partial charge in [0.25, 0.3) is 10.0 Å². The highest BCUT2D eigenvalue weighted by Gasteiger charge is 2.24. The fourth-order valence-corrected chi connectivity index (χ4v) is 4.55. The summed E-state index contributed by atoms with van der Waals surface area (Å²) in [6.45, 7) is 3.58. The van der Waals surface area contributed by atoms with Gasteiger partial charge in [0.15, 0.2) is 0 Å². The lowest BCUT2D eigenvalue weighted by Crippen LogP contribution is -2.34. The van der Waals surface area contributed by atoms with E-state index in [-0.39, 0.29) is 21.2 Å². The van der Waals surface area contributed by atoms with Crippen LogP contribution in [0.25, 0.3) is 0 Å². The van der Waals surface area contributed by atoms with Gasteiger partial charge in [-0.25, -0.2) is 18.2 Å². The number of aromatic carboxylic acids is 1. The lowest BCUT2D eigenvalue weighted by molar-refractivity contribution is 0.0697. The molecule has 2 N–H and O–H groups in total. The van der Waals surface area contributed by atoms with E-state index in [1.807, 2.05) is 4.90 Å².